The van der Waals surface area contributed by atoms with Crippen molar-refractivity contribution in [2.24, 2.45) is 0 Å². The zero-order chi connectivity index (χ0) is 30.7. The van der Waals surface area contributed by atoms with Crippen LogP contribution in [0.25, 0.3) is 0 Å². The summed E-state index contributed by atoms with van der Waals surface area (Å²) < 4.78 is 26.3. The number of carbonyl (C=O) groups is 4. The van der Waals surface area contributed by atoms with E-state index in [2.05, 4.69) is 16.6 Å². The first-order valence-corrected chi connectivity index (χ1v) is 14.1. The smallest absolute Gasteiger partial charge is 0.328 e. The molecule has 0 fully saturated rings. The molecule has 0 aromatic heterocycles. The number of ether oxygens (including phenoxy) is 5. The fourth-order valence-corrected chi connectivity index (χ4v) is 3.55. The molecular formula is C28H49N3O10. The average Bonchev–Trinajstić information content (AvgIpc) is 2.94. The second kappa shape index (κ2) is 26.2. The molecule has 0 aliphatic heterocycles. The van der Waals surface area contributed by atoms with Gasteiger partial charge in [-0.25, -0.2) is 9.59 Å². The van der Waals surface area contributed by atoms with Crippen LogP contribution in [0.3, 0.4) is 0 Å². The molecule has 13 nitrogen and oxygen atoms in total. The number of hydrogen-bond donors (Lipinski definition) is 3. The average molecular weight is 588 g/mol. The fraction of sp³-hybridized carbons (Fsp3) is 0.786. The maximum atomic E-state index is 12.8. The van der Waals surface area contributed by atoms with E-state index in [0.717, 1.165) is 19.3 Å². The lowest BCUT2D eigenvalue weighted by atomic mass is 10.1. The molecule has 0 aromatic carbocycles. The number of unbranched alkanes of at least 4 members (excludes halogenated alkanes) is 2. The predicted octanol–water partition coefficient (Wildman–Crippen LogP) is 0.596. The third-order valence-electron chi connectivity index (χ3n) is 5.73. The maximum absolute atomic E-state index is 12.8. The monoisotopic (exact) mass is 587 g/mol. The number of hydrogen-bond acceptors (Lipinski definition) is 10. The highest BCUT2D eigenvalue weighted by atomic mass is 16.6. The third-order valence-corrected chi connectivity index (χ3v) is 5.73. The molecule has 0 radical (unpaired) electrons. The second-order valence-electron chi connectivity index (χ2n) is 9.19. The first-order chi connectivity index (χ1) is 19.8. The van der Waals surface area contributed by atoms with Crippen LogP contribution in [0.15, 0.2) is 0 Å². The summed E-state index contributed by atoms with van der Waals surface area (Å²) in [6.07, 6.45) is 8.84. The van der Waals surface area contributed by atoms with E-state index in [0.29, 0.717) is 52.3 Å². The molecule has 0 saturated carbocycles. The summed E-state index contributed by atoms with van der Waals surface area (Å²) in [5.41, 5.74) is 0. The Kier molecular flexibility index (Phi) is 24.4. The van der Waals surface area contributed by atoms with E-state index in [1.54, 1.807) is 0 Å². The quantitative estimate of drug-likeness (QED) is 0.0701. The molecule has 0 aliphatic rings. The molecule has 41 heavy (non-hydrogen) atoms. The van der Waals surface area contributed by atoms with Crippen molar-refractivity contribution in [3.8, 4) is 12.3 Å². The van der Waals surface area contributed by atoms with Gasteiger partial charge in [-0.1, -0.05) is 45.5 Å². The van der Waals surface area contributed by atoms with Gasteiger partial charge in [-0.05, 0) is 12.8 Å². The minimum absolute atomic E-state index is 0.192. The number of nitrogens with one attached hydrogen (secondary N) is 2. The van der Waals surface area contributed by atoms with Crippen molar-refractivity contribution >= 4 is 23.8 Å². The van der Waals surface area contributed by atoms with Gasteiger partial charge in [-0.15, -0.1) is 6.42 Å². The molecule has 0 aromatic rings. The second-order valence-corrected chi connectivity index (χ2v) is 9.19. The van der Waals surface area contributed by atoms with Crippen molar-refractivity contribution in [1.82, 2.24) is 15.5 Å². The van der Waals surface area contributed by atoms with Crippen molar-refractivity contribution < 1.29 is 48.0 Å². The van der Waals surface area contributed by atoms with Crippen molar-refractivity contribution in [2.75, 3.05) is 79.6 Å². The van der Waals surface area contributed by atoms with Crippen LogP contribution >= 0.6 is 0 Å². The minimum atomic E-state index is -1.11. The van der Waals surface area contributed by atoms with E-state index in [1.807, 2.05) is 13.8 Å². The van der Waals surface area contributed by atoms with E-state index in [1.165, 1.54) is 12.0 Å². The van der Waals surface area contributed by atoms with Crippen LogP contribution in [0, 0.1) is 12.3 Å². The first-order valence-electron chi connectivity index (χ1n) is 14.1. The Hall–Kier alpha value is -2.76. The van der Waals surface area contributed by atoms with E-state index < -0.39 is 35.8 Å². The summed E-state index contributed by atoms with van der Waals surface area (Å²) in [7, 11) is 1.26. The summed E-state index contributed by atoms with van der Waals surface area (Å²) >= 11 is 0. The topological polar surface area (TPSA) is 162 Å². The van der Waals surface area contributed by atoms with E-state index >= 15 is 0 Å². The van der Waals surface area contributed by atoms with Gasteiger partial charge in [0, 0.05) is 6.54 Å². The number of terminal acetylenes is 1. The number of carbonyl (C=O) groups excluding carboxylic acids is 3. The largest absolute Gasteiger partial charge is 0.480 e. The lowest BCUT2D eigenvalue weighted by molar-refractivity contribution is -0.145. The molecular weight excluding hydrogens is 538 g/mol. The van der Waals surface area contributed by atoms with Gasteiger partial charge < -0.3 is 39.4 Å². The highest BCUT2D eigenvalue weighted by molar-refractivity contribution is 5.87. The number of amides is 2. The summed E-state index contributed by atoms with van der Waals surface area (Å²) in [6.45, 7) is 6.38. The molecule has 0 unspecified atom stereocenters. The standard InChI is InChI=1S/C28H49N3O10/c1-5-8-10-23(27(34)35)29-25(32)21-31(22-26(33)30-24(11-9-6-2)28(36)37-4)12-14-39-16-18-41-20-19-40-17-15-38-13-7-3/h3,23-24H,5-6,8-22H2,1-2,4H3,(H,29,32)(H,30,33)(H,34,35)/t23-,24-/m0/s1. The Balaban J connectivity index is 4.77. The number of carboxylic acid groups (broad SMARTS) is 1. The molecule has 3 N–H and O–H groups in total. The first kappa shape index (κ1) is 38.2. The molecule has 0 bridgehead atoms. The van der Waals surface area contributed by atoms with Crippen LogP contribution in [-0.4, -0.2) is 125 Å². The van der Waals surface area contributed by atoms with Crippen LogP contribution in [0.5, 0.6) is 0 Å². The van der Waals surface area contributed by atoms with Gasteiger partial charge in [0.2, 0.25) is 11.8 Å². The summed E-state index contributed by atoms with van der Waals surface area (Å²) in [6, 6.07) is -1.80. The van der Waals surface area contributed by atoms with Crippen LogP contribution < -0.4 is 10.6 Å². The number of carboxylic acids is 1. The number of nitrogens with zero attached hydrogens (tertiary/aromatic N) is 1. The number of methoxy groups -OCH3 is 1. The normalized spacial score (nSPS) is 12.4. The van der Waals surface area contributed by atoms with Crippen LogP contribution in [0.1, 0.15) is 52.4 Å². The fourth-order valence-electron chi connectivity index (χ4n) is 3.55. The van der Waals surface area contributed by atoms with Gasteiger partial charge in [0.15, 0.2) is 0 Å². The van der Waals surface area contributed by atoms with Gasteiger partial charge in [-0.2, -0.15) is 0 Å². The molecule has 236 valence electrons. The van der Waals surface area contributed by atoms with E-state index in [9.17, 15) is 24.3 Å². The van der Waals surface area contributed by atoms with Crippen molar-refractivity contribution in [2.45, 2.75) is 64.5 Å². The van der Waals surface area contributed by atoms with E-state index in [4.69, 9.17) is 30.1 Å². The SMILES string of the molecule is C#CCOCCOCCOCCOCCN(CC(=O)N[C@@H](CCCC)C(=O)O)CC(=O)N[C@@H](CCCC)C(=O)OC. The summed E-state index contributed by atoms with van der Waals surface area (Å²) in [5.74, 6) is -0.266. The maximum Gasteiger partial charge on any atom is 0.328 e. The Morgan fingerprint density at radius 3 is 1.71 bits per heavy atom. The molecule has 0 saturated heterocycles. The molecule has 0 rings (SSSR count). The van der Waals surface area contributed by atoms with Crippen LogP contribution in [0.2, 0.25) is 0 Å². The Labute approximate surface area is 243 Å². The highest BCUT2D eigenvalue weighted by Gasteiger charge is 2.24. The van der Waals surface area contributed by atoms with Crippen LogP contribution in [-0.2, 0) is 42.9 Å². The van der Waals surface area contributed by atoms with Crippen molar-refractivity contribution in [3.05, 3.63) is 0 Å². The molecule has 0 aliphatic carbocycles. The zero-order valence-corrected chi connectivity index (χ0v) is 24.8. The van der Waals surface area contributed by atoms with Gasteiger partial charge in [0.1, 0.15) is 18.7 Å². The Morgan fingerprint density at radius 2 is 1.24 bits per heavy atom. The molecule has 13 heteroatoms. The van der Waals surface area contributed by atoms with E-state index in [-0.39, 0.29) is 39.5 Å². The van der Waals surface area contributed by atoms with Gasteiger partial charge in [0.25, 0.3) is 0 Å². The lowest BCUT2D eigenvalue weighted by Crippen LogP contribution is -2.50. The van der Waals surface area contributed by atoms with Gasteiger partial charge >= 0.3 is 11.9 Å². The number of esters is 1. The third kappa shape index (κ3) is 21.6. The van der Waals surface area contributed by atoms with Gasteiger partial charge in [-0.3, -0.25) is 14.5 Å². The number of rotatable bonds is 27. The Morgan fingerprint density at radius 1 is 0.780 bits per heavy atom. The molecule has 2 amide bonds. The van der Waals surface area contributed by atoms with Crippen LogP contribution in [0.4, 0.5) is 0 Å². The molecule has 2 atom stereocenters. The Bertz CT molecular complexity index is 775. The molecule has 0 heterocycles. The predicted molar refractivity (Wildman–Crippen MR) is 151 cm³/mol. The zero-order valence-electron chi connectivity index (χ0n) is 24.8. The van der Waals surface area contributed by atoms with Crippen molar-refractivity contribution in [3.63, 3.8) is 0 Å². The molecule has 0 spiro atoms. The summed E-state index contributed by atoms with van der Waals surface area (Å²) in [4.78, 5) is 50.5. The van der Waals surface area contributed by atoms with Gasteiger partial charge in [0.05, 0.1) is 66.4 Å². The highest BCUT2D eigenvalue weighted by Crippen LogP contribution is 2.04. The lowest BCUT2D eigenvalue weighted by Gasteiger charge is -2.24. The number of aliphatic carboxylic acids is 1. The minimum Gasteiger partial charge on any atom is -0.480 e. The van der Waals surface area contributed by atoms with Crippen molar-refractivity contribution in [1.29, 1.82) is 0 Å². The summed E-state index contributed by atoms with van der Waals surface area (Å²) in [5, 5.41) is 14.6.